The van der Waals surface area contributed by atoms with Crippen LogP contribution in [-0.4, -0.2) is 19.8 Å². The van der Waals surface area contributed by atoms with Crippen molar-refractivity contribution < 1.29 is 4.74 Å². The van der Waals surface area contributed by atoms with Crippen molar-refractivity contribution in [2.45, 2.75) is 13.3 Å². The molecule has 0 aliphatic carbocycles. The standard InChI is InChI=1S/C11H16BrNO/c1-2-14-8-4-7-13-11-6-3-5-10(12)9-11/h3,5-6,9,13H,2,4,7-8H2,1H3. The molecule has 0 heterocycles. The number of ether oxygens (including phenoxy) is 1. The van der Waals surface area contributed by atoms with E-state index in [-0.39, 0.29) is 0 Å². The van der Waals surface area contributed by atoms with Gasteiger partial charge in [-0.05, 0) is 31.5 Å². The summed E-state index contributed by atoms with van der Waals surface area (Å²) in [6, 6.07) is 8.17. The van der Waals surface area contributed by atoms with E-state index < -0.39 is 0 Å². The van der Waals surface area contributed by atoms with Crippen LogP contribution in [0.5, 0.6) is 0 Å². The van der Waals surface area contributed by atoms with E-state index in [1.54, 1.807) is 0 Å². The lowest BCUT2D eigenvalue weighted by atomic mass is 10.3. The van der Waals surface area contributed by atoms with Crippen LogP contribution in [0.15, 0.2) is 28.7 Å². The first-order valence-electron chi connectivity index (χ1n) is 4.90. The molecule has 1 aromatic rings. The number of rotatable bonds is 6. The van der Waals surface area contributed by atoms with E-state index >= 15 is 0 Å². The van der Waals surface area contributed by atoms with Gasteiger partial charge in [0.05, 0.1) is 0 Å². The van der Waals surface area contributed by atoms with Crippen molar-refractivity contribution in [3.8, 4) is 0 Å². The summed E-state index contributed by atoms with van der Waals surface area (Å²) in [6.07, 6.45) is 1.04. The van der Waals surface area contributed by atoms with Gasteiger partial charge in [-0.1, -0.05) is 22.0 Å². The Balaban J connectivity index is 2.18. The minimum Gasteiger partial charge on any atom is -0.385 e. The van der Waals surface area contributed by atoms with Crippen LogP contribution >= 0.6 is 15.9 Å². The maximum absolute atomic E-state index is 5.25. The summed E-state index contributed by atoms with van der Waals surface area (Å²) >= 11 is 3.43. The molecular weight excluding hydrogens is 242 g/mol. The van der Waals surface area contributed by atoms with E-state index in [2.05, 4.69) is 33.4 Å². The second-order valence-electron chi connectivity index (χ2n) is 2.99. The molecule has 2 nitrogen and oxygen atoms in total. The highest BCUT2D eigenvalue weighted by Crippen LogP contribution is 2.15. The molecule has 0 saturated carbocycles. The number of benzene rings is 1. The summed E-state index contributed by atoms with van der Waals surface area (Å²) in [4.78, 5) is 0. The van der Waals surface area contributed by atoms with Crippen molar-refractivity contribution in [1.29, 1.82) is 0 Å². The zero-order valence-corrected chi connectivity index (χ0v) is 10.0. The minimum absolute atomic E-state index is 0.802. The lowest BCUT2D eigenvalue weighted by Crippen LogP contribution is -2.05. The summed E-state index contributed by atoms with van der Waals surface area (Å²) in [7, 11) is 0. The van der Waals surface area contributed by atoms with Crippen molar-refractivity contribution in [1.82, 2.24) is 0 Å². The topological polar surface area (TPSA) is 21.3 Å². The second kappa shape index (κ2) is 6.85. The fraction of sp³-hybridized carbons (Fsp3) is 0.455. The Morgan fingerprint density at radius 3 is 3.00 bits per heavy atom. The Bertz CT molecular complexity index is 265. The molecule has 0 aromatic heterocycles. The van der Waals surface area contributed by atoms with Gasteiger partial charge in [0.1, 0.15) is 0 Å². The highest BCUT2D eigenvalue weighted by atomic mass is 79.9. The molecule has 78 valence electrons. The Morgan fingerprint density at radius 2 is 2.29 bits per heavy atom. The fourth-order valence-electron chi connectivity index (χ4n) is 1.15. The summed E-state index contributed by atoms with van der Waals surface area (Å²) in [6.45, 7) is 4.60. The van der Waals surface area contributed by atoms with Crippen molar-refractivity contribution in [2.75, 3.05) is 25.1 Å². The van der Waals surface area contributed by atoms with Gasteiger partial charge in [-0.3, -0.25) is 0 Å². The summed E-state index contributed by atoms with van der Waals surface area (Å²) in [5, 5.41) is 3.33. The molecule has 0 spiro atoms. The first-order valence-corrected chi connectivity index (χ1v) is 5.69. The lowest BCUT2D eigenvalue weighted by Gasteiger charge is -2.06. The third-order valence-corrected chi connectivity index (χ3v) is 2.32. The van der Waals surface area contributed by atoms with E-state index in [0.29, 0.717) is 0 Å². The highest BCUT2D eigenvalue weighted by Gasteiger charge is 1.92. The fourth-order valence-corrected chi connectivity index (χ4v) is 1.55. The van der Waals surface area contributed by atoms with Gasteiger partial charge in [0, 0.05) is 29.9 Å². The Kier molecular flexibility index (Phi) is 5.64. The van der Waals surface area contributed by atoms with Crippen LogP contribution in [0.1, 0.15) is 13.3 Å². The predicted molar refractivity (Wildman–Crippen MR) is 63.7 cm³/mol. The first kappa shape index (κ1) is 11.5. The molecule has 1 rings (SSSR count). The average Bonchev–Trinajstić information content (AvgIpc) is 2.18. The van der Waals surface area contributed by atoms with E-state index in [4.69, 9.17) is 4.74 Å². The van der Waals surface area contributed by atoms with Crippen LogP contribution in [0.3, 0.4) is 0 Å². The van der Waals surface area contributed by atoms with E-state index in [0.717, 1.165) is 36.3 Å². The van der Waals surface area contributed by atoms with Gasteiger partial charge in [0.15, 0.2) is 0 Å². The molecular formula is C11H16BrNO. The van der Waals surface area contributed by atoms with Crippen molar-refractivity contribution in [3.05, 3.63) is 28.7 Å². The maximum Gasteiger partial charge on any atom is 0.0482 e. The molecule has 0 amide bonds. The molecule has 0 aliphatic rings. The van der Waals surface area contributed by atoms with Gasteiger partial charge in [0.2, 0.25) is 0 Å². The van der Waals surface area contributed by atoms with E-state index in [1.807, 2.05) is 19.1 Å². The van der Waals surface area contributed by atoms with Crippen LogP contribution in [0.25, 0.3) is 0 Å². The normalized spacial score (nSPS) is 10.1. The van der Waals surface area contributed by atoms with Gasteiger partial charge < -0.3 is 10.1 Å². The van der Waals surface area contributed by atoms with Crippen LogP contribution in [0.4, 0.5) is 5.69 Å². The van der Waals surface area contributed by atoms with Crippen molar-refractivity contribution >= 4 is 21.6 Å². The number of anilines is 1. The molecule has 0 fully saturated rings. The van der Waals surface area contributed by atoms with E-state index in [9.17, 15) is 0 Å². The van der Waals surface area contributed by atoms with Crippen LogP contribution in [0.2, 0.25) is 0 Å². The zero-order valence-electron chi connectivity index (χ0n) is 8.42. The molecule has 0 aliphatic heterocycles. The SMILES string of the molecule is CCOCCCNc1cccc(Br)c1. The third kappa shape index (κ3) is 4.63. The molecule has 0 bridgehead atoms. The largest absolute Gasteiger partial charge is 0.385 e. The number of halogens is 1. The zero-order chi connectivity index (χ0) is 10.2. The molecule has 0 unspecified atom stereocenters. The molecule has 0 radical (unpaired) electrons. The lowest BCUT2D eigenvalue weighted by molar-refractivity contribution is 0.147. The molecule has 0 saturated heterocycles. The molecule has 1 aromatic carbocycles. The van der Waals surface area contributed by atoms with E-state index in [1.165, 1.54) is 0 Å². The number of hydrogen-bond donors (Lipinski definition) is 1. The van der Waals surface area contributed by atoms with Gasteiger partial charge >= 0.3 is 0 Å². The molecule has 14 heavy (non-hydrogen) atoms. The quantitative estimate of drug-likeness (QED) is 0.790. The average molecular weight is 258 g/mol. The van der Waals surface area contributed by atoms with Gasteiger partial charge in [0.25, 0.3) is 0 Å². The second-order valence-corrected chi connectivity index (χ2v) is 3.90. The van der Waals surface area contributed by atoms with Crippen LogP contribution < -0.4 is 5.32 Å². The third-order valence-electron chi connectivity index (χ3n) is 1.82. The smallest absolute Gasteiger partial charge is 0.0482 e. The van der Waals surface area contributed by atoms with Crippen molar-refractivity contribution in [3.63, 3.8) is 0 Å². The minimum atomic E-state index is 0.802. The summed E-state index contributed by atoms with van der Waals surface area (Å²) < 4.78 is 6.35. The van der Waals surface area contributed by atoms with Crippen LogP contribution in [-0.2, 0) is 4.74 Å². The van der Waals surface area contributed by atoms with Gasteiger partial charge in [-0.2, -0.15) is 0 Å². The van der Waals surface area contributed by atoms with Gasteiger partial charge in [-0.25, -0.2) is 0 Å². The molecule has 1 N–H and O–H groups in total. The van der Waals surface area contributed by atoms with Crippen LogP contribution in [0, 0.1) is 0 Å². The Labute approximate surface area is 93.8 Å². The Morgan fingerprint density at radius 1 is 1.43 bits per heavy atom. The number of nitrogens with one attached hydrogen (secondary N) is 1. The highest BCUT2D eigenvalue weighted by molar-refractivity contribution is 9.10. The molecule has 3 heteroatoms. The first-order chi connectivity index (χ1) is 6.83. The maximum atomic E-state index is 5.25. The Hall–Kier alpha value is -0.540. The molecule has 0 atom stereocenters. The number of hydrogen-bond acceptors (Lipinski definition) is 2. The van der Waals surface area contributed by atoms with Gasteiger partial charge in [-0.15, -0.1) is 0 Å². The summed E-state index contributed by atoms with van der Waals surface area (Å²) in [5.74, 6) is 0. The monoisotopic (exact) mass is 257 g/mol. The summed E-state index contributed by atoms with van der Waals surface area (Å²) in [5.41, 5.74) is 1.15. The van der Waals surface area contributed by atoms with Crippen molar-refractivity contribution in [2.24, 2.45) is 0 Å². The predicted octanol–water partition coefficient (Wildman–Crippen LogP) is 3.29.